The van der Waals surface area contributed by atoms with Crippen molar-refractivity contribution in [3.8, 4) is 11.6 Å². The fourth-order valence-electron chi connectivity index (χ4n) is 1.64. The fraction of sp³-hybridized carbons (Fsp3) is 0.231. The molecule has 20 heavy (non-hydrogen) atoms. The summed E-state index contributed by atoms with van der Waals surface area (Å²) in [6.07, 6.45) is 0. The van der Waals surface area contributed by atoms with E-state index in [9.17, 15) is 0 Å². The molecule has 0 fully saturated rings. The second-order valence-corrected chi connectivity index (χ2v) is 5.42. The van der Waals surface area contributed by atoms with Crippen LogP contribution >= 0.6 is 34.8 Å². The molecular weight excluding hydrogens is 321 g/mol. The van der Waals surface area contributed by atoms with E-state index in [1.165, 1.54) is 12.1 Å². The van der Waals surface area contributed by atoms with Crippen molar-refractivity contribution in [2.75, 3.05) is 0 Å². The Hall–Kier alpha value is -1.07. The maximum absolute atomic E-state index is 6.07. The Kier molecular flexibility index (Phi) is 4.70. The summed E-state index contributed by atoms with van der Waals surface area (Å²) in [6, 6.07) is 3.04. The Bertz CT molecular complexity index is 662. The van der Waals surface area contributed by atoms with Gasteiger partial charge in [0, 0.05) is 18.2 Å². The van der Waals surface area contributed by atoms with Crippen LogP contribution in [0.25, 0.3) is 0 Å². The first-order valence-electron chi connectivity index (χ1n) is 5.79. The molecule has 0 bridgehead atoms. The summed E-state index contributed by atoms with van der Waals surface area (Å²) >= 11 is 17.9. The summed E-state index contributed by atoms with van der Waals surface area (Å²) in [4.78, 5) is 0. The first kappa shape index (κ1) is 15.3. The standard InChI is InChI=1S/C13H12Cl3N3O/c1-6-7(2)18-19-13(8(6)5-17)20-12-4-10(15)9(14)3-11(12)16/h3-4H,5,17H2,1-2H3. The number of rotatable bonds is 3. The van der Waals surface area contributed by atoms with E-state index in [4.69, 9.17) is 45.3 Å². The first-order valence-corrected chi connectivity index (χ1v) is 6.92. The van der Waals surface area contributed by atoms with Crippen molar-refractivity contribution in [1.82, 2.24) is 10.2 Å². The number of halogens is 3. The minimum absolute atomic E-state index is 0.288. The average molecular weight is 333 g/mol. The van der Waals surface area contributed by atoms with E-state index >= 15 is 0 Å². The van der Waals surface area contributed by atoms with Crippen molar-refractivity contribution >= 4 is 34.8 Å². The lowest BCUT2D eigenvalue weighted by molar-refractivity contribution is 0.446. The third kappa shape index (κ3) is 2.99. The van der Waals surface area contributed by atoms with Crippen molar-refractivity contribution in [2.45, 2.75) is 20.4 Å². The van der Waals surface area contributed by atoms with Crippen molar-refractivity contribution in [1.29, 1.82) is 0 Å². The highest BCUT2D eigenvalue weighted by Gasteiger charge is 2.14. The summed E-state index contributed by atoms with van der Waals surface area (Å²) in [5.41, 5.74) is 8.26. The van der Waals surface area contributed by atoms with E-state index in [0.717, 1.165) is 16.8 Å². The van der Waals surface area contributed by atoms with Gasteiger partial charge in [0.1, 0.15) is 5.75 Å². The van der Waals surface area contributed by atoms with Crippen molar-refractivity contribution in [3.63, 3.8) is 0 Å². The molecule has 2 rings (SSSR count). The molecule has 0 aliphatic heterocycles. The van der Waals surface area contributed by atoms with Crippen LogP contribution in [0.5, 0.6) is 11.6 Å². The Morgan fingerprint density at radius 1 is 1.05 bits per heavy atom. The first-order chi connectivity index (χ1) is 9.43. The minimum atomic E-state index is 0.288. The molecule has 0 unspecified atom stereocenters. The van der Waals surface area contributed by atoms with Gasteiger partial charge >= 0.3 is 0 Å². The Morgan fingerprint density at radius 3 is 2.35 bits per heavy atom. The van der Waals surface area contributed by atoms with Gasteiger partial charge in [-0.15, -0.1) is 5.10 Å². The summed E-state index contributed by atoms with van der Waals surface area (Å²) in [5.74, 6) is 0.671. The maximum atomic E-state index is 6.07. The van der Waals surface area contributed by atoms with Crippen LogP contribution in [0.4, 0.5) is 0 Å². The third-order valence-corrected chi connectivity index (χ3v) is 3.95. The maximum Gasteiger partial charge on any atom is 0.243 e. The van der Waals surface area contributed by atoms with Crippen molar-refractivity contribution in [2.24, 2.45) is 5.73 Å². The highest BCUT2D eigenvalue weighted by Crippen LogP contribution is 2.36. The van der Waals surface area contributed by atoms with Crippen LogP contribution in [-0.2, 0) is 6.54 Å². The molecule has 1 heterocycles. The number of ether oxygens (including phenoxy) is 1. The molecular formula is C13H12Cl3N3O. The van der Waals surface area contributed by atoms with Gasteiger partial charge in [-0.3, -0.25) is 0 Å². The smallest absolute Gasteiger partial charge is 0.243 e. The van der Waals surface area contributed by atoms with Gasteiger partial charge in [0.05, 0.1) is 20.8 Å². The number of nitrogens with two attached hydrogens (primary N) is 1. The zero-order valence-electron chi connectivity index (χ0n) is 10.9. The van der Waals surface area contributed by atoms with Crippen LogP contribution in [0.15, 0.2) is 12.1 Å². The molecule has 0 saturated carbocycles. The van der Waals surface area contributed by atoms with E-state index in [0.29, 0.717) is 26.7 Å². The van der Waals surface area contributed by atoms with Crippen LogP contribution in [-0.4, -0.2) is 10.2 Å². The van der Waals surface area contributed by atoms with E-state index in [1.54, 1.807) is 0 Å². The van der Waals surface area contributed by atoms with Gasteiger partial charge in [-0.05, 0) is 25.5 Å². The Labute approximate surface area is 131 Å². The fourth-order valence-corrected chi connectivity index (χ4v) is 2.22. The lowest BCUT2D eigenvalue weighted by atomic mass is 10.1. The number of aromatic nitrogens is 2. The molecule has 4 nitrogen and oxygen atoms in total. The minimum Gasteiger partial charge on any atom is -0.436 e. The van der Waals surface area contributed by atoms with Gasteiger partial charge in [-0.1, -0.05) is 34.8 Å². The lowest BCUT2D eigenvalue weighted by Gasteiger charge is -2.13. The molecule has 1 aromatic heterocycles. The number of hydrogen-bond acceptors (Lipinski definition) is 4. The molecule has 2 N–H and O–H groups in total. The molecule has 106 valence electrons. The van der Waals surface area contributed by atoms with E-state index < -0.39 is 0 Å². The lowest BCUT2D eigenvalue weighted by Crippen LogP contribution is -2.07. The monoisotopic (exact) mass is 331 g/mol. The average Bonchev–Trinajstić information content (AvgIpc) is 2.40. The topological polar surface area (TPSA) is 61.0 Å². The number of hydrogen-bond donors (Lipinski definition) is 1. The van der Waals surface area contributed by atoms with E-state index in [-0.39, 0.29) is 6.54 Å². The normalized spacial score (nSPS) is 10.7. The van der Waals surface area contributed by atoms with Gasteiger partial charge in [-0.2, -0.15) is 5.10 Å². The molecule has 2 aromatic rings. The van der Waals surface area contributed by atoms with Gasteiger partial charge in [0.25, 0.3) is 0 Å². The molecule has 7 heteroatoms. The van der Waals surface area contributed by atoms with Gasteiger partial charge in [0.15, 0.2) is 0 Å². The largest absolute Gasteiger partial charge is 0.436 e. The SMILES string of the molecule is Cc1nnc(Oc2cc(Cl)c(Cl)cc2Cl)c(CN)c1C. The van der Waals surface area contributed by atoms with Crippen LogP contribution in [0.1, 0.15) is 16.8 Å². The highest BCUT2D eigenvalue weighted by atomic mass is 35.5. The van der Waals surface area contributed by atoms with E-state index in [1.807, 2.05) is 13.8 Å². The predicted octanol–water partition coefficient (Wildman–Crippen LogP) is 4.30. The molecule has 0 atom stereocenters. The highest BCUT2D eigenvalue weighted by molar-refractivity contribution is 6.43. The summed E-state index contributed by atoms with van der Waals surface area (Å²) in [6.45, 7) is 4.06. The van der Waals surface area contributed by atoms with Crippen molar-refractivity contribution in [3.05, 3.63) is 44.0 Å². The van der Waals surface area contributed by atoms with Crippen LogP contribution in [0.3, 0.4) is 0 Å². The summed E-state index contributed by atoms with van der Waals surface area (Å²) < 4.78 is 5.67. The predicted molar refractivity (Wildman–Crippen MR) is 80.9 cm³/mol. The van der Waals surface area contributed by atoms with Gasteiger partial charge < -0.3 is 10.5 Å². The summed E-state index contributed by atoms with van der Waals surface area (Å²) in [5, 5.41) is 9.07. The quantitative estimate of drug-likeness (QED) is 0.851. The van der Waals surface area contributed by atoms with Crippen LogP contribution in [0.2, 0.25) is 15.1 Å². The second-order valence-electron chi connectivity index (χ2n) is 4.20. The number of aryl methyl sites for hydroxylation is 1. The van der Waals surface area contributed by atoms with E-state index in [2.05, 4.69) is 10.2 Å². The Balaban J connectivity index is 2.45. The third-order valence-electron chi connectivity index (χ3n) is 2.93. The van der Waals surface area contributed by atoms with Gasteiger partial charge in [-0.25, -0.2) is 0 Å². The second kappa shape index (κ2) is 6.14. The zero-order valence-corrected chi connectivity index (χ0v) is 13.1. The Morgan fingerprint density at radius 2 is 1.70 bits per heavy atom. The molecule has 0 aliphatic carbocycles. The summed E-state index contributed by atoms with van der Waals surface area (Å²) in [7, 11) is 0. The molecule has 0 aliphatic rings. The molecule has 0 amide bonds. The van der Waals surface area contributed by atoms with Crippen LogP contribution in [0, 0.1) is 13.8 Å². The molecule has 0 spiro atoms. The molecule has 1 aromatic carbocycles. The molecule has 0 radical (unpaired) electrons. The van der Waals surface area contributed by atoms with Gasteiger partial charge in [0.2, 0.25) is 5.88 Å². The van der Waals surface area contributed by atoms with Crippen LogP contribution < -0.4 is 10.5 Å². The number of nitrogens with zero attached hydrogens (tertiary/aromatic N) is 2. The number of benzene rings is 1. The molecule has 0 saturated heterocycles. The van der Waals surface area contributed by atoms with Crippen molar-refractivity contribution < 1.29 is 4.74 Å². The zero-order chi connectivity index (χ0) is 14.9.